The van der Waals surface area contributed by atoms with E-state index in [1.54, 1.807) is 4.90 Å². The van der Waals surface area contributed by atoms with E-state index in [-0.39, 0.29) is 17.3 Å². The molecule has 0 saturated heterocycles. The van der Waals surface area contributed by atoms with Crippen LogP contribution in [-0.2, 0) is 0 Å². The summed E-state index contributed by atoms with van der Waals surface area (Å²) in [6.45, 7) is 3.09. The summed E-state index contributed by atoms with van der Waals surface area (Å²) in [5, 5.41) is 11.5. The zero-order valence-electron chi connectivity index (χ0n) is 11.5. The van der Waals surface area contributed by atoms with Gasteiger partial charge in [0.2, 0.25) is 0 Å². The predicted octanol–water partition coefficient (Wildman–Crippen LogP) is 2.85. The number of non-ortho nitro benzene ring substituents is 1. The molecule has 0 aliphatic heterocycles. The molecule has 1 rings (SSSR count). The van der Waals surface area contributed by atoms with Crippen molar-refractivity contribution in [3.8, 4) is 5.75 Å². The molecule has 0 bridgehead atoms. The molecule has 0 aliphatic rings. The van der Waals surface area contributed by atoms with Gasteiger partial charge in [0.05, 0.1) is 23.7 Å². The summed E-state index contributed by atoms with van der Waals surface area (Å²) in [5.74, 6) is 0.0432. The van der Waals surface area contributed by atoms with E-state index in [0.29, 0.717) is 18.7 Å². The van der Waals surface area contributed by atoms with Gasteiger partial charge in [-0.1, -0.05) is 15.9 Å². The van der Waals surface area contributed by atoms with Gasteiger partial charge in [-0.15, -0.1) is 0 Å². The van der Waals surface area contributed by atoms with Gasteiger partial charge < -0.3 is 9.64 Å². The number of amides is 1. The number of carbonyl (C=O) groups excluding carboxylic acids is 1. The summed E-state index contributed by atoms with van der Waals surface area (Å²) in [5.41, 5.74) is 0.247. The average molecular weight is 345 g/mol. The van der Waals surface area contributed by atoms with E-state index in [2.05, 4.69) is 15.9 Å². The van der Waals surface area contributed by atoms with Crippen molar-refractivity contribution < 1.29 is 14.5 Å². The first-order valence-corrected chi connectivity index (χ1v) is 7.35. The zero-order valence-corrected chi connectivity index (χ0v) is 13.1. The van der Waals surface area contributed by atoms with Crippen molar-refractivity contribution in [3.05, 3.63) is 33.9 Å². The summed E-state index contributed by atoms with van der Waals surface area (Å²) in [6.07, 6.45) is 0.842. The van der Waals surface area contributed by atoms with Gasteiger partial charge >= 0.3 is 0 Å². The molecular weight excluding hydrogens is 328 g/mol. The lowest BCUT2D eigenvalue weighted by Crippen LogP contribution is -2.32. The number of benzene rings is 1. The molecule has 110 valence electrons. The smallest absolute Gasteiger partial charge is 0.273 e. The van der Waals surface area contributed by atoms with Crippen LogP contribution < -0.4 is 4.74 Å². The first-order valence-electron chi connectivity index (χ1n) is 6.22. The average Bonchev–Trinajstić information content (AvgIpc) is 2.46. The molecule has 0 spiro atoms. The number of nitrogens with zero attached hydrogens (tertiary/aromatic N) is 2. The Hall–Kier alpha value is -1.63. The Kier molecular flexibility index (Phi) is 6.44. The fourth-order valence-electron chi connectivity index (χ4n) is 1.79. The maximum atomic E-state index is 12.4. The highest BCUT2D eigenvalue weighted by molar-refractivity contribution is 9.09. The molecule has 1 aromatic carbocycles. The quantitative estimate of drug-likeness (QED) is 0.433. The van der Waals surface area contributed by atoms with Gasteiger partial charge in [0, 0.05) is 24.5 Å². The lowest BCUT2D eigenvalue weighted by molar-refractivity contribution is -0.384. The standard InChI is InChI=1S/C13H17BrN2O4/c1-3-15(8-4-7-14)13(17)11-6-5-10(16(18)19)9-12(11)20-2/h5-6,9H,3-4,7-8H2,1-2H3. The second-order valence-corrected chi connectivity index (χ2v) is 4.86. The van der Waals surface area contributed by atoms with E-state index in [4.69, 9.17) is 4.74 Å². The van der Waals surface area contributed by atoms with Crippen LogP contribution in [-0.4, -0.2) is 41.3 Å². The third-order valence-electron chi connectivity index (χ3n) is 2.86. The number of rotatable bonds is 7. The normalized spacial score (nSPS) is 10.2. The number of methoxy groups -OCH3 is 1. The third-order valence-corrected chi connectivity index (χ3v) is 3.42. The molecule has 1 aromatic rings. The van der Waals surface area contributed by atoms with Crippen LogP contribution in [0.3, 0.4) is 0 Å². The Morgan fingerprint density at radius 2 is 2.20 bits per heavy atom. The molecule has 20 heavy (non-hydrogen) atoms. The Morgan fingerprint density at radius 3 is 2.70 bits per heavy atom. The highest BCUT2D eigenvalue weighted by atomic mass is 79.9. The maximum absolute atomic E-state index is 12.4. The number of nitro benzene ring substituents is 1. The Bertz CT molecular complexity index is 493. The van der Waals surface area contributed by atoms with Crippen LogP contribution in [0.1, 0.15) is 23.7 Å². The van der Waals surface area contributed by atoms with Crippen molar-refractivity contribution in [2.45, 2.75) is 13.3 Å². The molecule has 1 amide bonds. The Morgan fingerprint density at radius 1 is 1.50 bits per heavy atom. The lowest BCUT2D eigenvalue weighted by atomic mass is 10.1. The monoisotopic (exact) mass is 344 g/mol. The summed E-state index contributed by atoms with van der Waals surface area (Å²) in [7, 11) is 1.39. The van der Waals surface area contributed by atoms with Crippen LogP contribution in [0.2, 0.25) is 0 Å². The maximum Gasteiger partial charge on any atom is 0.273 e. The fraction of sp³-hybridized carbons (Fsp3) is 0.462. The number of halogens is 1. The van der Waals surface area contributed by atoms with Crippen LogP contribution in [0.15, 0.2) is 18.2 Å². The second kappa shape index (κ2) is 7.84. The van der Waals surface area contributed by atoms with Crippen molar-refractivity contribution in [3.63, 3.8) is 0 Å². The third kappa shape index (κ3) is 3.93. The van der Waals surface area contributed by atoms with E-state index >= 15 is 0 Å². The largest absolute Gasteiger partial charge is 0.496 e. The van der Waals surface area contributed by atoms with E-state index in [1.807, 2.05) is 6.92 Å². The van der Waals surface area contributed by atoms with Crippen LogP contribution in [0.25, 0.3) is 0 Å². The van der Waals surface area contributed by atoms with Crippen LogP contribution in [0, 0.1) is 10.1 Å². The van der Waals surface area contributed by atoms with Crippen molar-refractivity contribution >= 4 is 27.5 Å². The van der Waals surface area contributed by atoms with Crippen LogP contribution >= 0.6 is 15.9 Å². The van der Waals surface area contributed by atoms with Gasteiger partial charge in [0.15, 0.2) is 0 Å². The van der Waals surface area contributed by atoms with Gasteiger partial charge in [0.1, 0.15) is 5.75 Å². The summed E-state index contributed by atoms with van der Waals surface area (Å²) >= 11 is 3.33. The highest BCUT2D eigenvalue weighted by Crippen LogP contribution is 2.25. The molecule has 0 radical (unpaired) electrons. The van der Waals surface area contributed by atoms with Gasteiger partial charge in [-0.3, -0.25) is 14.9 Å². The van der Waals surface area contributed by atoms with Gasteiger partial charge in [-0.25, -0.2) is 0 Å². The lowest BCUT2D eigenvalue weighted by Gasteiger charge is -2.21. The van der Waals surface area contributed by atoms with Crippen molar-refractivity contribution in [1.29, 1.82) is 0 Å². The number of alkyl halides is 1. The first kappa shape index (κ1) is 16.4. The van der Waals surface area contributed by atoms with Crippen molar-refractivity contribution in [2.24, 2.45) is 0 Å². The molecule has 0 heterocycles. The molecule has 0 unspecified atom stereocenters. The van der Waals surface area contributed by atoms with E-state index in [1.165, 1.54) is 25.3 Å². The number of hydrogen-bond donors (Lipinski definition) is 0. The minimum Gasteiger partial charge on any atom is -0.496 e. The molecule has 0 aliphatic carbocycles. The molecular formula is C13H17BrN2O4. The summed E-state index contributed by atoms with van der Waals surface area (Å²) < 4.78 is 5.10. The molecule has 0 fully saturated rings. The Balaban J connectivity index is 3.04. The number of carbonyl (C=O) groups is 1. The molecule has 7 heteroatoms. The topological polar surface area (TPSA) is 72.7 Å². The van der Waals surface area contributed by atoms with Crippen molar-refractivity contribution in [1.82, 2.24) is 4.90 Å². The minimum absolute atomic E-state index is 0.0955. The van der Waals surface area contributed by atoms with E-state index in [9.17, 15) is 14.9 Å². The van der Waals surface area contributed by atoms with E-state index in [0.717, 1.165) is 11.8 Å². The zero-order chi connectivity index (χ0) is 15.1. The first-order chi connectivity index (χ1) is 9.54. The summed E-state index contributed by atoms with van der Waals surface area (Å²) in [4.78, 5) is 24.3. The van der Waals surface area contributed by atoms with Gasteiger partial charge in [-0.05, 0) is 19.4 Å². The molecule has 0 saturated carbocycles. The van der Waals surface area contributed by atoms with Crippen LogP contribution in [0.4, 0.5) is 5.69 Å². The molecule has 0 aromatic heterocycles. The number of ether oxygens (including phenoxy) is 1. The van der Waals surface area contributed by atoms with Gasteiger partial charge in [-0.2, -0.15) is 0 Å². The second-order valence-electron chi connectivity index (χ2n) is 4.07. The van der Waals surface area contributed by atoms with Gasteiger partial charge in [0.25, 0.3) is 11.6 Å². The Labute approximate surface area is 126 Å². The fourth-order valence-corrected chi connectivity index (χ4v) is 2.05. The highest BCUT2D eigenvalue weighted by Gasteiger charge is 2.20. The minimum atomic E-state index is -0.515. The molecule has 6 nitrogen and oxygen atoms in total. The molecule has 0 atom stereocenters. The van der Waals surface area contributed by atoms with Crippen LogP contribution in [0.5, 0.6) is 5.75 Å². The van der Waals surface area contributed by atoms with E-state index < -0.39 is 4.92 Å². The SMILES string of the molecule is CCN(CCCBr)C(=O)c1ccc([N+](=O)[O-])cc1OC. The predicted molar refractivity (Wildman–Crippen MR) is 79.6 cm³/mol. The number of nitro groups is 1. The van der Waals surface area contributed by atoms with Crippen molar-refractivity contribution in [2.75, 3.05) is 25.5 Å². The number of hydrogen-bond acceptors (Lipinski definition) is 4. The molecule has 0 N–H and O–H groups in total. The summed E-state index contributed by atoms with van der Waals surface area (Å²) in [6, 6.07) is 4.02.